The molecule has 0 saturated carbocycles. The fraction of sp³-hybridized carbons (Fsp3) is 0.176. The van der Waals surface area contributed by atoms with Crippen LogP contribution in [0.15, 0.2) is 53.1 Å². The molecule has 0 spiro atoms. The number of rotatable bonds is 4. The molecule has 2 N–H and O–H groups in total. The predicted molar refractivity (Wildman–Crippen MR) is 79.6 cm³/mol. The molecule has 0 saturated heterocycles. The van der Waals surface area contributed by atoms with Gasteiger partial charge in [-0.05, 0) is 18.6 Å². The van der Waals surface area contributed by atoms with Crippen LogP contribution < -0.4 is 10.5 Å². The topological polar surface area (TPSA) is 48.4 Å². The number of para-hydroxylation sites is 2. The second-order valence-electron chi connectivity index (χ2n) is 4.81. The lowest BCUT2D eigenvalue weighted by molar-refractivity contribution is 0.304. The number of ether oxygens (including phenoxy) is 1. The van der Waals surface area contributed by atoms with E-state index >= 15 is 0 Å². The van der Waals surface area contributed by atoms with Crippen LogP contribution in [0, 0.1) is 6.92 Å². The molecule has 3 rings (SSSR count). The van der Waals surface area contributed by atoms with Gasteiger partial charge in [0.15, 0.2) is 0 Å². The predicted octanol–water partition coefficient (Wildman–Crippen LogP) is 3.78. The van der Waals surface area contributed by atoms with E-state index in [1.807, 2.05) is 49.4 Å². The van der Waals surface area contributed by atoms with Gasteiger partial charge in [0.05, 0.1) is 6.26 Å². The Morgan fingerprint density at radius 2 is 1.90 bits per heavy atom. The zero-order chi connectivity index (χ0) is 13.9. The Morgan fingerprint density at radius 3 is 2.70 bits per heavy atom. The van der Waals surface area contributed by atoms with Gasteiger partial charge < -0.3 is 14.9 Å². The van der Waals surface area contributed by atoms with Crippen LogP contribution >= 0.6 is 0 Å². The molecule has 0 bridgehead atoms. The maximum Gasteiger partial charge on any atom is 0.138 e. The molecule has 3 heteroatoms. The molecular formula is C17H17NO2. The fourth-order valence-corrected chi connectivity index (χ4v) is 2.32. The Morgan fingerprint density at radius 1 is 1.05 bits per heavy atom. The monoisotopic (exact) mass is 267 g/mol. The molecule has 102 valence electrons. The van der Waals surface area contributed by atoms with Gasteiger partial charge in [0, 0.05) is 23.1 Å². The summed E-state index contributed by atoms with van der Waals surface area (Å²) >= 11 is 0. The number of fused-ring (bicyclic) bond motifs is 1. The Kier molecular flexibility index (Phi) is 3.44. The first-order valence-corrected chi connectivity index (χ1v) is 6.66. The summed E-state index contributed by atoms with van der Waals surface area (Å²) in [5.41, 5.74) is 9.76. The van der Waals surface area contributed by atoms with Crippen LogP contribution in [0.5, 0.6) is 5.75 Å². The molecule has 20 heavy (non-hydrogen) atoms. The largest absolute Gasteiger partial charge is 0.488 e. The first kappa shape index (κ1) is 12.8. The first-order valence-electron chi connectivity index (χ1n) is 6.66. The average Bonchev–Trinajstić information content (AvgIpc) is 2.89. The van der Waals surface area contributed by atoms with Crippen LogP contribution in [0.25, 0.3) is 11.0 Å². The average molecular weight is 267 g/mol. The van der Waals surface area contributed by atoms with E-state index in [-0.39, 0.29) is 0 Å². The molecule has 0 amide bonds. The molecular weight excluding hydrogens is 250 g/mol. The van der Waals surface area contributed by atoms with Crippen molar-refractivity contribution >= 4 is 11.0 Å². The second kappa shape index (κ2) is 5.39. The Bertz CT molecular complexity index is 731. The Balaban J connectivity index is 1.87. The molecule has 1 heterocycles. The molecule has 0 aliphatic rings. The van der Waals surface area contributed by atoms with Crippen molar-refractivity contribution in [3.8, 4) is 5.75 Å². The fourth-order valence-electron chi connectivity index (χ4n) is 2.32. The second-order valence-corrected chi connectivity index (χ2v) is 4.81. The molecule has 2 aromatic carbocycles. The smallest absolute Gasteiger partial charge is 0.138 e. The number of aryl methyl sites for hydroxylation is 1. The van der Waals surface area contributed by atoms with Crippen molar-refractivity contribution in [3.05, 3.63) is 65.4 Å². The van der Waals surface area contributed by atoms with Gasteiger partial charge in [-0.15, -0.1) is 0 Å². The van der Waals surface area contributed by atoms with E-state index in [2.05, 4.69) is 0 Å². The quantitative estimate of drug-likeness (QED) is 0.782. The Hall–Kier alpha value is -2.26. The van der Waals surface area contributed by atoms with E-state index in [0.717, 1.165) is 33.4 Å². The zero-order valence-corrected chi connectivity index (χ0v) is 11.4. The lowest BCUT2D eigenvalue weighted by Crippen LogP contribution is -1.97. The highest BCUT2D eigenvalue weighted by Crippen LogP contribution is 2.26. The van der Waals surface area contributed by atoms with Crippen LogP contribution in [0.3, 0.4) is 0 Å². The van der Waals surface area contributed by atoms with Crippen molar-refractivity contribution in [2.75, 3.05) is 0 Å². The third-order valence-electron chi connectivity index (χ3n) is 3.46. The number of nitrogens with two attached hydrogens (primary N) is 1. The van der Waals surface area contributed by atoms with Crippen LogP contribution in [0.4, 0.5) is 0 Å². The zero-order valence-electron chi connectivity index (χ0n) is 11.4. The minimum atomic E-state index is 0.475. The minimum absolute atomic E-state index is 0.475. The van der Waals surface area contributed by atoms with E-state index in [0.29, 0.717) is 13.2 Å². The van der Waals surface area contributed by atoms with E-state index in [1.54, 1.807) is 6.26 Å². The van der Waals surface area contributed by atoms with Crippen molar-refractivity contribution in [3.63, 3.8) is 0 Å². The molecule has 0 aliphatic heterocycles. The van der Waals surface area contributed by atoms with Crippen molar-refractivity contribution in [2.24, 2.45) is 5.73 Å². The lowest BCUT2D eigenvalue weighted by Gasteiger charge is -2.07. The summed E-state index contributed by atoms with van der Waals surface area (Å²) in [4.78, 5) is 0. The first-order chi connectivity index (χ1) is 9.79. The lowest BCUT2D eigenvalue weighted by atomic mass is 10.1. The maximum atomic E-state index is 5.87. The molecule has 0 aliphatic carbocycles. The van der Waals surface area contributed by atoms with Crippen molar-refractivity contribution in [1.82, 2.24) is 0 Å². The summed E-state index contributed by atoms with van der Waals surface area (Å²) in [5, 5.41) is 1.07. The van der Waals surface area contributed by atoms with Crippen molar-refractivity contribution in [2.45, 2.75) is 20.1 Å². The molecule has 0 radical (unpaired) electrons. The highest BCUT2D eigenvalue weighted by atomic mass is 16.5. The molecule has 1 aromatic heterocycles. The van der Waals surface area contributed by atoms with Gasteiger partial charge in [0.2, 0.25) is 0 Å². The van der Waals surface area contributed by atoms with Crippen LogP contribution in [0.1, 0.15) is 16.7 Å². The van der Waals surface area contributed by atoms with Gasteiger partial charge in [0.25, 0.3) is 0 Å². The molecule has 0 atom stereocenters. The van der Waals surface area contributed by atoms with E-state index in [1.165, 1.54) is 0 Å². The van der Waals surface area contributed by atoms with Crippen LogP contribution in [-0.4, -0.2) is 0 Å². The highest BCUT2D eigenvalue weighted by Gasteiger charge is 2.09. The summed E-state index contributed by atoms with van der Waals surface area (Å²) in [6.45, 7) is 3.00. The van der Waals surface area contributed by atoms with Gasteiger partial charge in [-0.2, -0.15) is 0 Å². The normalized spacial score (nSPS) is 10.9. The third kappa shape index (κ3) is 2.28. The van der Waals surface area contributed by atoms with Gasteiger partial charge in [0.1, 0.15) is 17.9 Å². The van der Waals surface area contributed by atoms with Gasteiger partial charge in [-0.1, -0.05) is 36.4 Å². The van der Waals surface area contributed by atoms with Crippen LogP contribution in [0.2, 0.25) is 0 Å². The number of hydrogen-bond donors (Lipinski definition) is 1. The maximum absolute atomic E-state index is 5.87. The van der Waals surface area contributed by atoms with Crippen molar-refractivity contribution in [1.29, 1.82) is 0 Å². The molecule has 3 nitrogen and oxygen atoms in total. The standard InChI is InChI=1S/C17H17NO2/c1-12-5-2-3-8-16(12)19-10-14-11-20-17-13(9-18)6-4-7-15(14)17/h2-8,11H,9-10,18H2,1H3. The molecule has 0 unspecified atom stereocenters. The molecule has 0 fully saturated rings. The summed E-state index contributed by atoms with van der Waals surface area (Å²) in [6, 6.07) is 14.0. The van der Waals surface area contributed by atoms with Gasteiger partial charge in [-0.25, -0.2) is 0 Å². The SMILES string of the molecule is Cc1ccccc1OCc1coc2c(CN)cccc12. The number of hydrogen-bond acceptors (Lipinski definition) is 3. The van der Waals surface area contributed by atoms with E-state index in [4.69, 9.17) is 14.9 Å². The number of benzene rings is 2. The highest BCUT2D eigenvalue weighted by molar-refractivity contribution is 5.83. The minimum Gasteiger partial charge on any atom is -0.488 e. The summed E-state index contributed by atoms with van der Waals surface area (Å²) in [5.74, 6) is 0.900. The van der Waals surface area contributed by atoms with Crippen molar-refractivity contribution < 1.29 is 9.15 Å². The Labute approximate surface area is 118 Å². The molecule has 3 aromatic rings. The summed E-state index contributed by atoms with van der Waals surface area (Å²) in [6.07, 6.45) is 1.75. The number of furan rings is 1. The van der Waals surface area contributed by atoms with Crippen LogP contribution in [-0.2, 0) is 13.2 Å². The van der Waals surface area contributed by atoms with Gasteiger partial charge in [-0.3, -0.25) is 0 Å². The summed E-state index contributed by atoms with van der Waals surface area (Å²) in [7, 11) is 0. The van der Waals surface area contributed by atoms with E-state index in [9.17, 15) is 0 Å². The van der Waals surface area contributed by atoms with E-state index < -0.39 is 0 Å². The third-order valence-corrected chi connectivity index (χ3v) is 3.46. The summed E-state index contributed by atoms with van der Waals surface area (Å²) < 4.78 is 11.5. The van der Waals surface area contributed by atoms with Gasteiger partial charge >= 0.3 is 0 Å².